The summed E-state index contributed by atoms with van der Waals surface area (Å²) in [5.41, 5.74) is 1.13. The predicted molar refractivity (Wildman–Crippen MR) is 96.5 cm³/mol. The van der Waals surface area contributed by atoms with E-state index >= 15 is 0 Å². The van der Waals surface area contributed by atoms with E-state index in [1.807, 2.05) is 16.8 Å². The molecule has 0 atom stereocenters. The number of nitrogens with one attached hydrogen (secondary N) is 1. The van der Waals surface area contributed by atoms with Gasteiger partial charge in [-0.05, 0) is 18.2 Å². The zero-order valence-corrected chi connectivity index (χ0v) is 16.2. The van der Waals surface area contributed by atoms with Gasteiger partial charge in [0.15, 0.2) is 14.9 Å². The van der Waals surface area contributed by atoms with Crippen molar-refractivity contribution in [2.75, 3.05) is 25.2 Å². The fourth-order valence-electron chi connectivity index (χ4n) is 2.20. The van der Waals surface area contributed by atoms with Crippen molar-refractivity contribution in [3.63, 3.8) is 0 Å². The Hall–Kier alpha value is -1.38. The van der Waals surface area contributed by atoms with Gasteiger partial charge in [-0.2, -0.15) is 0 Å². The molecular weight excluding hydrogens is 330 g/mol. The van der Waals surface area contributed by atoms with Crippen LogP contribution in [0, 0.1) is 0 Å². The van der Waals surface area contributed by atoms with Crippen molar-refractivity contribution in [3.8, 4) is 0 Å². The van der Waals surface area contributed by atoms with Gasteiger partial charge in [0.2, 0.25) is 0 Å². The Labute approximate surface area is 138 Å². The molecule has 128 valence electrons. The van der Waals surface area contributed by atoms with E-state index in [1.165, 1.54) is 6.26 Å². The van der Waals surface area contributed by atoms with E-state index in [0.29, 0.717) is 24.7 Å². The number of sulfone groups is 1. The molecule has 2 aromatic rings. The second-order valence-electron chi connectivity index (χ2n) is 6.91. The molecule has 0 aliphatic heterocycles. The molecule has 0 spiro atoms. The van der Waals surface area contributed by atoms with Gasteiger partial charge < -0.3 is 14.6 Å². The molecule has 0 unspecified atom stereocenters. The first kappa shape index (κ1) is 18.0. The summed E-state index contributed by atoms with van der Waals surface area (Å²) >= 11 is 0. The number of hydrogen-bond acceptors (Lipinski definition) is 5. The van der Waals surface area contributed by atoms with Crippen LogP contribution in [0.1, 0.15) is 0 Å². The second kappa shape index (κ2) is 6.62. The largest absolute Gasteiger partial charge is 0.386 e. The predicted octanol–water partition coefficient (Wildman–Crippen LogP) is 2.79. The Balaban J connectivity index is 2.26. The smallest absolute Gasteiger partial charge is 0.194 e. The maximum absolute atomic E-state index is 11.9. The molecule has 6 nitrogen and oxygen atoms in total. The number of pyridine rings is 1. The summed E-state index contributed by atoms with van der Waals surface area (Å²) in [4.78, 5) is 4.35. The van der Waals surface area contributed by atoms with Crippen LogP contribution in [0.15, 0.2) is 23.4 Å². The monoisotopic (exact) mass is 355 g/mol. The number of hydrogen-bond donors (Lipinski definition) is 1. The molecule has 23 heavy (non-hydrogen) atoms. The summed E-state index contributed by atoms with van der Waals surface area (Å²) in [7, 11) is -2.83. The van der Waals surface area contributed by atoms with Crippen LogP contribution in [0.2, 0.25) is 25.7 Å². The van der Waals surface area contributed by atoms with E-state index in [9.17, 15) is 8.42 Å². The Morgan fingerprint density at radius 2 is 2.04 bits per heavy atom. The van der Waals surface area contributed by atoms with Crippen molar-refractivity contribution in [2.45, 2.75) is 37.4 Å². The molecule has 2 rings (SSSR count). The van der Waals surface area contributed by atoms with E-state index in [2.05, 4.69) is 29.9 Å². The molecule has 0 radical (unpaired) electrons. The Morgan fingerprint density at radius 3 is 2.61 bits per heavy atom. The number of aromatic nitrogens is 2. The maximum Gasteiger partial charge on any atom is 0.194 e. The molecule has 0 bridgehead atoms. The number of anilines is 1. The minimum atomic E-state index is -3.40. The molecule has 0 fully saturated rings. The summed E-state index contributed by atoms with van der Waals surface area (Å²) in [6.45, 7) is 8.01. The van der Waals surface area contributed by atoms with Crippen molar-refractivity contribution < 1.29 is 13.2 Å². The van der Waals surface area contributed by atoms with Crippen LogP contribution in [0.3, 0.4) is 0 Å². The third kappa shape index (κ3) is 4.55. The third-order valence-corrected chi connectivity index (χ3v) is 6.27. The average molecular weight is 356 g/mol. The number of rotatable bonds is 7. The van der Waals surface area contributed by atoms with Crippen molar-refractivity contribution in [3.05, 3.63) is 18.3 Å². The maximum atomic E-state index is 11.9. The molecule has 0 saturated carbocycles. The zero-order chi connectivity index (χ0) is 17.3. The highest BCUT2D eigenvalue weighted by Crippen LogP contribution is 2.25. The van der Waals surface area contributed by atoms with Gasteiger partial charge in [0.25, 0.3) is 0 Å². The number of ether oxygens (including phenoxy) is 1. The molecule has 0 aliphatic rings. The lowest BCUT2D eigenvalue weighted by Crippen LogP contribution is -2.22. The van der Waals surface area contributed by atoms with Crippen LogP contribution >= 0.6 is 0 Å². The third-order valence-electron chi connectivity index (χ3n) is 3.55. The Morgan fingerprint density at radius 1 is 1.35 bits per heavy atom. The van der Waals surface area contributed by atoms with Crippen LogP contribution in [-0.4, -0.2) is 46.0 Å². The van der Waals surface area contributed by atoms with Gasteiger partial charge in [0.05, 0.1) is 5.69 Å². The summed E-state index contributed by atoms with van der Waals surface area (Å²) in [5.74, 6) is 0. The fourth-order valence-corrected chi connectivity index (χ4v) is 3.77. The highest BCUT2D eigenvalue weighted by molar-refractivity contribution is 7.90. The van der Waals surface area contributed by atoms with Crippen LogP contribution in [0.25, 0.3) is 11.0 Å². The highest BCUT2D eigenvalue weighted by Gasteiger charge is 2.18. The molecule has 0 aromatic carbocycles. The lowest BCUT2D eigenvalue weighted by molar-refractivity contribution is 0.0898. The van der Waals surface area contributed by atoms with Gasteiger partial charge in [0.1, 0.15) is 12.4 Å². The van der Waals surface area contributed by atoms with E-state index < -0.39 is 17.9 Å². The lowest BCUT2D eigenvalue weighted by atomic mass is 10.3. The molecule has 2 aromatic heterocycles. The van der Waals surface area contributed by atoms with Crippen LogP contribution < -0.4 is 5.32 Å². The van der Waals surface area contributed by atoms with E-state index in [4.69, 9.17) is 4.74 Å². The van der Waals surface area contributed by atoms with Gasteiger partial charge >= 0.3 is 0 Å². The highest BCUT2D eigenvalue weighted by atomic mass is 32.2. The second-order valence-corrected chi connectivity index (χ2v) is 14.5. The van der Waals surface area contributed by atoms with Gasteiger partial charge in [-0.15, -0.1) is 0 Å². The van der Waals surface area contributed by atoms with E-state index in [1.54, 1.807) is 13.1 Å². The van der Waals surface area contributed by atoms with Crippen molar-refractivity contribution in [1.82, 2.24) is 9.55 Å². The average Bonchev–Trinajstić information content (AvgIpc) is 2.82. The fraction of sp³-hybridized carbons (Fsp3) is 0.533. The van der Waals surface area contributed by atoms with Crippen molar-refractivity contribution in [1.29, 1.82) is 0 Å². The number of fused-ring (bicyclic) bond motifs is 1. The molecule has 0 amide bonds. The zero-order valence-electron chi connectivity index (χ0n) is 14.4. The summed E-state index contributed by atoms with van der Waals surface area (Å²) in [5, 5.41) is 3.84. The first-order valence-electron chi connectivity index (χ1n) is 7.57. The topological polar surface area (TPSA) is 73.2 Å². The van der Waals surface area contributed by atoms with Crippen LogP contribution in [0.5, 0.6) is 0 Å². The Bertz CT molecular complexity index is 794. The molecule has 8 heteroatoms. The van der Waals surface area contributed by atoms with Gasteiger partial charge in [-0.1, -0.05) is 19.6 Å². The van der Waals surface area contributed by atoms with Crippen LogP contribution in [0.4, 0.5) is 5.69 Å². The standard InChI is InChI=1S/C15H25N3O3SSi/c1-16-13-10-12-6-7-18(11-21-8-9-23(3,4)5)14(12)17-15(13)22(2,19)20/h6-7,10,16H,8-9,11H2,1-5H3. The van der Waals surface area contributed by atoms with Gasteiger partial charge in [-0.3, -0.25) is 0 Å². The molecular formula is C15H25N3O3SSi. The summed E-state index contributed by atoms with van der Waals surface area (Å²) in [6, 6.07) is 4.81. The first-order valence-corrected chi connectivity index (χ1v) is 13.2. The summed E-state index contributed by atoms with van der Waals surface area (Å²) < 4.78 is 31.4. The SMILES string of the molecule is CNc1cc2ccn(COCC[Si](C)(C)C)c2nc1S(C)(=O)=O. The molecule has 0 saturated heterocycles. The quantitative estimate of drug-likeness (QED) is 0.611. The molecule has 0 aliphatic carbocycles. The van der Waals surface area contributed by atoms with E-state index in [-0.39, 0.29) is 5.03 Å². The normalized spacial score (nSPS) is 12.7. The summed E-state index contributed by atoms with van der Waals surface area (Å²) in [6.07, 6.45) is 3.04. The minimum absolute atomic E-state index is 0.0644. The molecule has 1 N–H and O–H groups in total. The van der Waals surface area contributed by atoms with E-state index in [0.717, 1.165) is 11.4 Å². The Kier molecular flexibility index (Phi) is 5.17. The van der Waals surface area contributed by atoms with Crippen molar-refractivity contribution in [2.24, 2.45) is 0 Å². The molecule has 2 heterocycles. The first-order chi connectivity index (χ1) is 10.6. The lowest BCUT2D eigenvalue weighted by Gasteiger charge is -2.15. The van der Waals surface area contributed by atoms with Gasteiger partial charge in [0, 0.05) is 39.6 Å². The van der Waals surface area contributed by atoms with Gasteiger partial charge in [-0.25, -0.2) is 13.4 Å². The van der Waals surface area contributed by atoms with Crippen LogP contribution in [-0.2, 0) is 21.3 Å². The number of nitrogens with zero attached hydrogens (tertiary/aromatic N) is 2. The van der Waals surface area contributed by atoms with Crippen molar-refractivity contribution >= 4 is 34.6 Å². The minimum Gasteiger partial charge on any atom is -0.386 e.